The lowest BCUT2D eigenvalue weighted by molar-refractivity contribution is -0.126. The summed E-state index contributed by atoms with van der Waals surface area (Å²) in [6.07, 6.45) is 4.14. The number of ether oxygens (including phenoxy) is 1. The predicted octanol–water partition coefficient (Wildman–Crippen LogP) is 2.25. The quantitative estimate of drug-likeness (QED) is 0.819. The van der Waals surface area contributed by atoms with E-state index >= 15 is 0 Å². The number of thioether (sulfide) groups is 1. The third-order valence-electron chi connectivity index (χ3n) is 3.86. The fourth-order valence-corrected chi connectivity index (χ4v) is 3.05. The number of rotatable bonds is 6. The van der Waals surface area contributed by atoms with Crippen LogP contribution in [0.4, 0.5) is 0 Å². The van der Waals surface area contributed by atoms with Crippen molar-refractivity contribution in [2.24, 2.45) is 5.92 Å². The summed E-state index contributed by atoms with van der Waals surface area (Å²) in [6.45, 7) is 3.44. The first-order chi connectivity index (χ1) is 10.2. The summed E-state index contributed by atoms with van der Waals surface area (Å²) in [7, 11) is 1.71. The van der Waals surface area contributed by atoms with Gasteiger partial charge in [-0.1, -0.05) is 0 Å². The molecule has 2 rings (SSSR count). The Hall–Kier alpha value is -1.20. The first kappa shape index (κ1) is 16.2. The monoisotopic (exact) mass is 308 g/mol. The summed E-state index contributed by atoms with van der Waals surface area (Å²) < 4.78 is 5.78. The van der Waals surface area contributed by atoms with Crippen molar-refractivity contribution in [3.63, 3.8) is 0 Å². The van der Waals surface area contributed by atoms with E-state index in [1.54, 1.807) is 18.8 Å². The van der Waals surface area contributed by atoms with Gasteiger partial charge in [0, 0.05) is 25.0 Å². The standard InChI is InChI=1S/C16H24N2O2S/c1-17-16(19)13-4-3-9-18(12-13)10-11-20-14-5-7-15(21-2)8-6-14/h5-8,13H,3-4,9-12H2,1-2H3,(H,17,19)/t13-/m0/s1. The lowest BCUT2D eigenvalue weighted by Crippen LogP contribution is -2.43. The Morgan fingerprint density at radius 1 is 1.43 bits per heavy atom. The highest BCUT2D eigenvalue weighted by Gasteiger charge is 2.24. The van der Waals surface area contributed by atoms with Gasteiger partial charge in [0.05, 0.1) is 5.92 Å². The second-order valence-electron chi connectivity index (χ2n) is 5.28. The van der Waals surface area contributed by atoms with Gasteiger partial charge >= 0.3 is 0 Å². The molecule has 0 spiro atoms. The Morgan fingerprint density at radius 2 is 2.19 bits per heavy atom. The molecule has 116 valence electrons. The predicted molar refractivity (Wildman–Crippen MR) is 86.9 cm³/mol. The van der Waals surface area contributed by atoms with Crippen molar-refractivity contribution < 1.29 is 9.53 Å². The van der Waals surface area contributed by atoms with Crippen LogP contribution in [-0.2, 0) is 4.79 Å². The van der Waals surface area contributed by atoms with Crippen LogP contribution in [0.2, 0.25) is 0 Å². The van der Waals surface area contributed by atoms with Crippen molar-refractivity contribution in [3.05, 3.63) is 24.3 Å². The summed E-state index contributed by atoms with van der Waals surface area (Å²) in [5.41, 5.74) is 0. The van der Waals surface area contributed by atoms with Gasteiger partial charge in [0.25, 0.3) is 0 Å². The zero-order valence-electron chi connectivity index (χ0n) is 12.8. The molecular formula is C16H24N2O2S. The van der Waals surface area contributed by atoms with Crippen molar-refractivity contribution in [1.29, 1.82) is 0 Å². The molecule has 0 bridgehead atoms. The molecule has 0 aliphatic carbocycles. The molecule has 0 unspecified atom stereocenters. The van der Waals surface area contributed by atoms with Crippen LogP contribution in [0.1, 0.15) is 12.8 Å². The molecule has 4 nitrogen and oxygen atoms in total. The smallest absolute Gasteiger partial charge is 0.224 e. The van der Waals surface area contributed by atoms with Crippen LogP contribution < -0.4 is 10.1 Å². The molecule has 1 saturated heterocycles. The molecule has 1 aromatic carbocycles. The molecule has 5 heteroatoms. The Bertz CT molecular complexity index is 450. The lowest BCUT2D eigenvalue weighted by atomic mass is 9.97. The van der Waals surface area contributed by atoms with E-state index in [4.69, 9.17) is 4.74 Å². The highest BCUT2D eigenvalue weighted by atomic mass is 32.2. The average Bonchev–Trinajstić information content (AvgIpc) is 2.55. The molecule has 1 aliphatic heterocycles. The molecule has 0 aromatic heterocycles. The molecule has 1 aromatic rings. The molecule has 1 aliphatic rings. The zero-order chi connectivity index (χ0) is 15.1. The van der Waals surface area contributed by atoms with E-state index < -0.39 is 0 Å². The van der Waals surface area contributed by atoms with E-state index in [-0.39, 0.29) is 11.8 Å². The fraction of sp³-hybridized carbons (Fsp3) is 0.562. The lowest BCUT2D eigenvalue weighted by Gasteiger charge is -2.31. The first-order valence-electron chi connectivity index (χ1n) is 7.43. The normalized spacial score (nSPS) is 19.2. The van der Waals surface area contributed by atoms with Crippen molar-refractivity contribution in [2.45, 2.75) is 17.7 Å². The van der Waals surface area contributed by atoms with Crippen molar-refractivity contribution in [2.75, 3.05) is 39.5 Å². The molecule has 0 saturated carbocycles. The molecule has 1 heterocycles. The topological polar surface area (TPSA) is 41.6 Å². The molecule has 1 atom stereocenters. The van der Waals surface area contributed by atoms with E-state index in [0.29, 0.717) is 6.61 Å². The van der Waals surface area contributed by atoms with Crippen LogP contribution in [0.5, 0.6) is 5.75 Å². The summed E-state index contributed by atoms with van der Waals surface area (Å²) in [5, 5.41) is 2.75. The molecular weight excluding hydrogens is 284 g/mol. The Kier molecular flexibility index (Phi) is 6.39. The van der Waals surface area contributed by atoms with Crippen molar-refractivity contribution in [3.8, 4) is 5.75 Å². The van der Waals surface area contributed by atoms with Crippen molar-refractivity contribution >= 4 is 17.7 Å². The maximum atomic E-state index is 11.7. The molecule has 1 N–H and O–H groups in total. The second-order valence-corrected chi connectivity index (χ2v) is 6.16. The number of piperidine rings is 1. The van der Waals surface area contributed by atoms with Crippen molar-refractivity contribution in [1.82, 2.24) is 10.2 Å². The highest BCUT2D eigenvalue weighted by molar-refractivity contribution is 7.98. The average molecular weight is 308 g/mol. The number of likely N-dealkylation sites (tertiary alicyclic amines) is 1. The van der Waals surface area contributed by atoms with E-state index in [0.717, 1.165) is 38.2 Å². The molecule has 21 heavy (non-hydrogen) atoms. The fourth-order valence-electron chi connectivity index (χ4n) is 2.64. The van der Waals surface area contributed by atoms with Gasteiger partial charge in [-0.2, -0.15) is 0 Å². The maximum absolute atomic E-state index is 11.7. The number of benzene rings is 1. The second kappa shape index (κ2) is 8.29. The third kappa shape index (κ3) is 4.93. The molecule has 1 amide bonds. The van der Waals surface area contributed by atoms with Crippen LogP contribution in [0.25, 0.3) is 0 Å². The first-order valence-corrected chi connectivity index (χ1v) is 8.66. The largest absolute Gasteiger partial charge is 0.492 e. The van der Waals surface area contributed by atoms with Gasteiger partial charge in [-0.25, -0.2) is 0 Å². The number of hydrogen-bond donors (Lipinski definition) is 1. The summed E-state index contributed by atoms with van der Waals surface area (Å²) in [4.78, 5) is 15.3. The van der Waals surface area contributed by atoms with Crippen LogP contribution in [0, 0.1) is 5.92 Å². The van der Waals surface area contributed by atoms with Crippen LogP contribution >= 0.6 is 11.8 Å². The minimum absolute atomic E-state index is 0.129. The zero-order valence-corrected chi connectivity index (χ0v) is 13.6. The van der Waals surface area contributed by atoms with Crippen LogP contribution in [0.3, 0.4) is 0 Å². The van der Waals surface area contributed by atoms with Crippen LogP contribution in [0.15, 0.2) is 29.2 Å². The minimum Gasteiger partial charge on any atom is -0.492 e. The van der Waals surface area contributed by atoms with E-state index in [2.05, 4.69) is 28.6 Å². The number of carbonyl (C=O) groups is 1. The summed E-state index contributed by atoms with van der Waals surface area (Å²) >= 11 is 1.73. The van der Waals surface area contributed by atoms with Gasteiger partial charge in [0.15, 0.2) is 0 Å². The number of amides is 1. The Labute approximate surface area is 131 Å². The molecule has 0 radical (unpaired) electrons. The molecule has 1 fully saturated rings. The van der Waals surface area contributed by atoms with Gasteiger partial charge in [-0.3, -0.25) is 9.69 Å². The van der Waals surface area contributed by atoms with Gasteiger partial charge in [-0.05, 0) is 49.9 Å². The number of hydrogen-bond acceptors (Lipinski definition) is 4. The number of carbonyl (C=O) groups excluding carboxylic acids is 1. The van der Waals surface area contributed by atoms with E-state index in [9.17, 15) is 4.79 Å². The third-order valence-corrected chi connectivity index (χ3v) is 4.60. The Balaban J connectivity index is 1.73. The van der Waals surface area contributed by atoms with Gasteiger partial charge in [-0.15, -0.1) is 11.8 Å². The van der Waals surface area contributed by atoms with E-state index in [1.807, 2.05) is 12.1 Å². The van der Waals surface area contributed by atoms with Gasteiger partial charge < -0.3 is 10.1 Å². The number of nitrogens with zero attached hydrogens (tertiary/aromatic N) is 1. The minimum atomic E-state index is 0.129. The summed E-state index contributed by atoms with van der Waals surface area (Å²) in [6, 6.07) is 8.16. The summed E-state index contributed by atoms with van der Waals surface area (Å²) in [5.74, 6) is 1.20. The van der Waals surface area contributed by atoms with Gasteiger partial charge in [0.2, 0.25) is 5.91 Å². The number of nitrogens with one attached hydrogen (secondary N) is 1. The highest BCUT2D eigenvalue weighted by Crippen LogP contribution is 2.19. The van der Waals surface area contributed by atoms with Crippen LogP contribution in [-0.4, -0.2) is 50.4 Å². The van der Waals surface area contributed by atoms with Gasteiger partial charge in [0.1, 0.15) is 12.4 Å². The SMILES string of the molecule is CNC(=O)[C@H]1CCCN(CCOc2ccc(SC)cc2)C1. The Morgan fingerprint density at radius 3 is 2.86 bits per heavy atom. The van der Waals surface area contributed by atoms with E-state index in [1.165, 1.54) is 4.90 Å². The maximum Gasteiger partial charge on any atom is 0.224 e.